The van der Waals surface area contributed by atoms with Crippen LogP contribution in [-0.2, 0) is 18.9 Å². The van der Waals surface area contributed by atoms with Crippen LogP contribution in [-0.4, -0.2) is 21.9 Å². The summed E-state index contributed by atoms with van der Waals surface area (Å²) in [7, 11) is 1.64. The zero-order valence-electron chi connectivity index (χ0n) is 15.0. The molecule has 0 bridgehead atoms. The number of nitrogens with zero attached hydrogens (tertiary/aromatic N) is 3. The molecule has 0 atom stereocenters. The minimum atomic E-state index is 0.339. The van der Waals surface area contributed by atoms with Gasteiger partial charge in [-0.05, 0) is 42.0 Å². The Morgan fingerprint density at radius 3 is 2.44 bits per heavy atom. The second-order valence-corrected chi connectivity index (χ2v) is 7.54. The fourth-order valence-electron chi connectivity index (χ4n) is 2.39. The van der Waals surface area contributed by atoms with E-state index in [1.807, 2.05) is 47.0 Å². The van der Waals surface area contributed by atoms with E-state index in [-0.39, 0.29) is 0 Å². The summed E-state index contributed by atoms with van der Waals surface area (Å²) < 4.78 is 14.1. The average Bonchev–Trinajstić information content (AvgIpc) is 3.08. The molecule has 1 heterocycles. The van der Waals surface area contributed by atoms with Gasteiger partial charge in [0, 0.05) is 16.8 Å². The van der Waals surface area contributed by atoms with Crippen LogP contribution in [0.3, 0.4) is 0 Å². The predicted octanol–water partition coefficient (Wildman–Crippen LogP) is 5.11. The summed E-state index contributed by atoms with van der Waals surface area (Å²) in [6, 6.07) is 15.7. The smallest absolute Gasteiger partial charge is 0.191 e. The average molecular weight is 446 g/mol. The van der Waals surface area contributed by atoms with Crippen LogP contribution in [0.4, 0.5) is 0 Å². The van der Waals surface area contributed by atoms with Gasteiger partial charge in [0.25, 0.3) is 0 Å². The number of rotatable bonds is 9. The van der Waals surface area contributed by atoms with Crippen molar-refractivity contribution in [3.8, 4) is 11.5 Å². The van der Waals surface area contributed by atoms with Crippen LogP contribution in [0.5, 0.6) is 11.5 Å². The molecule has 0 aliphatic rings. The predicted molar refractivity (Wildman–Crippen MR) is 111 cm³/mol. The van der Waals surface area contributed by atoms with E-state index >= 15 is 0 Å². The number of allylic oxidation sites excluding steroid dienone is 1. The van der Waals surface area contributed by atoms with E-state index in [9.17, 15) is 0 Å². The molecule has 27 heavy (non-hydrogen) atoms. The van der Waals surface area contributed by atoms with Gasteiger partial charge in [-0.15, -0.1) is 16.8 Å². The number of halogens is 1. The van der Waals surface area contributed by atoms with Crippen LogP contribution in [0.2, 0.25) is 0 Å². The molecule has 140 valence electrons. The Labute approximate surface area is 171 Å². The first kappa shape index (κ1) is 19.5. The maximum absolute atomic E-state index is 5.84. The van der Waals surface area contributed by atoms with Crippen molar-refractivity contribution in [3.05, 3.63) is 77.0 Å². The molecule has 0 N–H and O–H groups in total. The quantitative estimate of drug-likeness (QED) is 0.338. The second kappa shape index (κ2) is 9.62. The fraction of sp³-hybridized carbons (Fsp3) is 0.200. The van der Waals surface area contributed by atoms with Crippen LogP contribution < -0.4 is 9.47 Å². The lowest BCUT2D eigenvalue weighted by molar-refractivity contribution is 0.288. The van der Waals surface area contributed by atoms with Crippen LogP contribution in [0.15, 0.2) is 70.8 Å². The molecule has 0 unspecified atom stereocenters. The number of benzene rings is 2. The Kier molecular flexibility index (Phi) is 6.95. The maximum Gasteiger partial charge on any atom is 0.191 e. The van der Waals surface area contributed by atoms with Crippen LogP contribution in [0.25, 0.3) is 0 Å². The third-order valence-electron chi connectivity index (χ3n) is 3.81. The van der Waals surface area contributed by atoms with E-state index < -0.39 is 0 Å². The van der Waals surface area contributed by atoms with Gasteiger partial charge in [-0.1, -0.05) is 45.9 Å². The summed E-state index contributed by atoms with van der Waals surface area (Å²) in [6.07, 6.45) is 1.84. The Morgan fingerprint density at radius 2 is 1.78 bits per heavy atom. The highest BCUT2D eigenvalue weighted by Gasteiger charge is 2.12. The van der Waals surface area contributed by atoms with Crippen molar-refractivity contribution in [2.24, 2.45) is 0 Å². The molecule has 5 nitrogen and oxygen atoms in total. The molecule has 2 aromatic carbocycles. The summed E-state index contributed by atoms with van der Waals surface area (Å²) >= 11 is 5.10. The normalized spacial score (nSPS) is 10.6. The highest BCUT2D eigenvalue weighted by molar-refractivity contribution is 9.10. The van der Waals surface area contributed by atoms with E-state index in [1.165, 1.54) is 5.56 Å². The molecule has 1 aromatic heterocycles. The first-order valence-corrected chi connectivity index (χ1v) is 10.1. The zero-order valence-corrected chi connectivity index (χ0v) is 17.4. The van der Waals surface area contributed by atoms with Gasteiger partial charge in [0.2, 0.25) is 0 Å². The highest BCUT2D eigenvalue weighted by Crippen LogP contribution is 2.24. The van der Waals surface area contributed by atoms with E-state index in [0.717, 1.165) is 32.7 Å². The fourth-order valence-corrected chi connectivity index (χ4v) is 3.58. The summed E-state index contributed by atoms with van der Waals surface area (Å²) in [5, 5.41) is 9.48. The van der Waals surface area contributed by atoms with Crippen molar-refractivity contribution < 1.29 is 9.47 Å². The Balaban J connectivity index is 1.66. The zero-order chi connectivity index (χ0) is 19.1. The van der Waals surface area contributed by atoms with Crippen molar-refractivity contribution >= 4 is 27.7 Å². The molecule has 0 aliphatic carbocycles. The largest absolute Gasteiger partial charge is 0.497 e. The molecular formula is C20H20BrN3O2S. The Morgan fingerprint density at radius 1 is 1.07 bits per heavy atom. The first-order valence-electron chi connectivity index (χ1n) is 8.36. The molecule has 0 spiro atoms. The lowest BCUT2D eigenvalue weighted by Gasteiger charge is -2.09. The van der Waals surface area contributed by atoms with E-state index in [1.54, 1.807) is 18.9 Å². The minimum Gasteiger partial charge on any atom is -0.497 e. The molecule has 3 aromatic rings. The summed E-state index contributed by atoms with van der Waals surface area (Å²) in [6.45, 7) is 4.81. The van der Waals surface area contributed by atoms with Crippen molar-refractivity contribution in [3.63, 3.8) is 0 Å². The molecule has 0 radical (unpaired) electrons. The van der Waals surface area contributed by atoms with Gasteiger partial charge in [0.15, 0.2) is 11.0 Å². The van der Waals surface area contributed by atoms with Crippen LogP contribution >= 0.6 is 27.7 Å². The molecule has 0 aliphatic heterocycles. The van der Waals surface area contributed by atoms with Crippen molar-refractivity contribution in [1.29, 1.82) is 0 Å². The van der Waals surface area contributed by atoms with Gasteiger partial charge in [0.05, 0.1) is 7.11 Å². The van der Waals surface area contributed by atoms with E-state index in [4.69, 9.17) is 9.47 Å². The lowest BCUT2D eigenvalue weighted by Crippen LogP contribution is -2.07. The van der Waals surface area contributed by atoms with Crippen molar-refractivity contribution in [2.45, 2.75) is 24.1 Å². The first-order chi connectivity index (χ1) is 13.2. The molecule has 0 saturated heterocycles. The molecule has 0 amide bonds. The van der Waals surface area contributed by atoms with E-state index in [2.05, 4.69) is 44.8 Å². The van der Waals surface area contributed by atoms with Crippen LogP contribution in [0.1, 0.15) is 11.4 Å². The van der Waals surface area contributed by atoms with Gasteiger partial charge in [-0.25, -0.2) is 0 Å². The van der Waals surface area contributed by atoms with Crippen molar-refractivity contribution in [2.75, 3.05) is 7.11 Å². The summed E-state index contributed by atoms with van der Waals surface area (Å²) in [4.78, 5) is 0. The third-order valence-corrected chi connectivity index (χ3v) is 5.38. The van der Waals surface area contributed by atoms with Crippen molar-refractivity contribution in [1.82, 2.24) is 14.8 Å². The molecule has 0 saturated carbocycles. The Hall–Kier alpha value is -2.25. The molecule has 7 heteroatoms. The number of ether oxygens (including phenoxy) is 2. The SMILES string of the molecule is C=CCn1c(COc2ccc(OC)cc2)nnc1SCc1ccc(Br)cc1. The summed E-state index contributed by atoms with van der Waals surface area (Å²) in [5.74, 6) is 3.14. The van der Waals surface area contributed by atoms with Gasteiger partial charge in [0.1, 0.15) is 18.1 Å². The molecular weight excluding hydrogens is 426 g/mol. The van der Waals surface area contributed by atoms with Gasteiger partial charge in [-0.2, -0.15) is 0 Å². The molecule has 0 fully saturated rings. The van der Waals surface area contributed by atoms with Gasteiger partial charge in [-0.3, -0.25) is 4.57 Å². The van der Waals surface area contributed by atoms with Crippen LogP contribution in [0, 0.1) is 0 Å². The lowest BCUT2D eigenvalue weighted by atomic mass is 10.2. The highest BCUT2D eigenvalue weighted by atomic mass is 79.9. The number of methoxy groups -OCH3 is 1. The van der Waals surface area contributed by atoms with Gasteiger partial charge < -0.3 is 9.47 Å². The number of hydrogen-bond donors (Lipinski definition) is 0. The van der Waals surface area contributed by atoms with Gasteiger partial charge >= 0.3 is 0 Å². The minimum absolute atomic E-state index is 0.339. The monoisotopic (exact) mass is 445 g/mol. The standard InChI is InChI=1S/C20H20BrN3O2S/c1-3-12-24-19(13-26-18-10-8-17(25-2)9-11-18)22-23-20(24)27-14-15-4-6-16(21)7-5-15/h3-11H,1,12-14H2,2H3. The van der Waals surface area contributed by atoms with E-state index in [0.29, 0.717) is 13.2 Å². The third kappa shape index (κ3) is 5.37. The summed E-state index contributed by atoms with van der Waals surface area (Å²) in [5.41, 5.74) is 1.23. The number of thioether (sulfide) groups is 1. The topological polar surface area (TPSA) is 49.2 Å². The Bertz CT molecular complexity index is 879. The second-order valence-electron chi connectivity index (χ2n) is 5.68. The molecule has 3 rings (SSSR count). The number of hydrogen-bond acceptors (Lipinski definition) is 5. The number of aromatic nitrogens is 3. The maximum atomic E-state index is 5.84.